The van der Waals surface area contributed by atoms with Gasteiger partial charge in [-0.3, -0.25) is 0 Å². The number of terminal acetylenes is 1. The van der Waals surface area contributed by atoms with Gasteiger partial charge < -0.3 is 4.48 Å². The van der Waals surface area contributed by atoms with Crippen LogP contribution in [0.5, 0.6) is 0 Å². The third-order valence-electron chi connectivity index (χ3n) is 2.44. The van der Waals surface area contributed by atoms with Crippen molar-refractivity contribution in [2.24, 2.45) is 0 Å². The summed E-state index contributed by atoms with van der Waals surface area (Å²) in [7, 11) is 0.872. The smallest absolute Gasteiger partial charge is 0.217 e. The maximum atomic E-state index is 11.1. The molecule has 1 rings (SSSR count). The highest BCUT2D eigenvalue weighted by Crippen LogP contribution is 2.13. The first kappa shape index (κ1) is 10.5. The van der Waals surface area contributed by atoms with Crippen LogP contribution < -0.4 is 4.72 Å². The quantitative estimate of drug-likeness (QED) is 0.462. The molecule has 5 heteroatoms. The lowest BCUT2D eigenvalue weighted by molar-refractivity contribution is -0.903. The van der Waals surface area contributed by atoms with E-state index in [4.69, 9.17) is 6.42 Å². The van der Waals surface area contributed by atoms with Crippen molar-refractivity contribution in [3.8, 4) is 12.3 Å². The minimum atomic E-state index is -3.03. The third-order valence-corrected chi connectivity index (χ3v) is 3.87. The first-order valence-electron chi connectivity index (χ1n) is 4.11. The lowest BCUT2D eigenvalue weighted by Crippen LogP contribution is -2.51. The van der Waals surface area contributed by atoms with Crippen LogP contribution in [0, 0.1) is 12.3 Å². The molecule has 0 amide bonds. The molecule has 0 aliphatic carbocycles. The molecule has 0 aromatic heterocycles. The van der Waals surface area contributed by atoms with Crippen molar-refractivity contribution >= 4 is 10.0 Å². The van der Waals surface area contributed by atoms with Gasteiger partial charge in [-0.15, -0.1) is 6.42 Å². The van der Waals surface area contributed by atoms with Gasteiger partial charge in [-0.2, -0.15) is 0 Å². The number of sulfonamides is 1. The van der Waals surface area contributed by atoms with Crippen molar-refractivity contribution in [2.45, 2.75) is 6.04 Å². The Balaban J connectivity index is 2.72. The van der Waals surface area contributed by atoms with E-state index in [2.05, 4.69) is 10.6 Å². The molecule has 13 heavy (non-hydrogen) atoms. The second kappa shape index (κ2) is 3.29. The zero-order chi connectivity index (χ0) is 10.1. The highest BCUT2D eigenvalue weighted by Gasteiger charge is 2.38. The van der Waals surface area contributed by atoms with Gasteiger partial charge in [-0.25, -0.2) is 13.1 Å². The first-order chi connectivity index (χ1) is 5.87. The van der Waals surface area contributed by atoms with E-state index < -0.39 is 10.0 Å². The highest BCUT2D eigenvalue weighted by atomic mass is 32.2. The molecule has 1 aliphatic heterocycles. The van der Waals surface area contributed by atoms with E-state index in [0.717, 1.165) is 0 Å². The van der Waals surface area contributed by atoms with Crippen LogP contribution in [0.2, 0.25) is 0 Å². The van der Waals surface area contributed by atoms with E-state index in [0.29, 0.717) is 17.6 Å². The molecule has 4 nitrogen and oxygen atoms in total. The van der Waals surface area contributed by atoms with Gasteiger partial charge in [0.2, 0.25) is 10.0 Å². The summed E-state index contributed by atoms with van der Waals surface area (Å²) in [6.45, 7) is 1.05. The third kappa shape index (κ3) is 2.44. The van der Waals surface area contributed by atoms with Crippen LogP contribution in [0.1, 0.15) is 0 Å². The number of hydrogen-bond donors (Lipinski definition) is 1. The number of rotatable bonds is 2. The van der Waals surface area contributed by atoms with E-state index in [-0.39, 0.29) is 11.8 Å². The van der Waals surface area contributed by atoms with Crippen molar-refractivity contribution in [3.63, 3.8) is 0 Å². The van der Waals surface area contributed by atoms with Gasteiger partial charge in [0.1, 0.15) is 18.3 Å². The number of hydrogen-bond acceptors (Lipinski definition) is 2. The summed E-state index contributed by atoms with van der Waals surface area (Å²) in [6.07, 6.45) is 5.21. The molecule has 0 aromatic rings. The lowest BCUT2D eigenvalue weighted by atomic mass is 10.2. The minimum absolute atomic E-state index is 0.0704. The van der Waals surface area contributed by atoms with Crippen LogP contribution in [-0.2, 0) is 10.0 Å². The van der Waals surface area contributed by atoms with Gasteiger partial charge in [0.25, 0.3) is 0 Å². The molecule has 1 atom stereocenters. The van der Waals surface area contributed by atoms with Gasteiger partial charge in [0.05, 0.1) is 20.6 Å². The Morgan fingerprint density at radius 2 is 2.23 bits per heavy atom. The predicted octanol–water partition coefficient (Wildman–Crippen LogP) is -1.00. The molecular formula is C8H15N2O2S+. The minimum Gasteiger partial charge on any atom is -0.314 e. The van der Waals surface area contributed by atoms with E-state index in [1.54, 1.807) is 0 Å². The highest BCUT2D eigenvalue weighted by molar-refractivity contribution is 7.89. The van der Waals surface area contributed by atoms with Crippen LogP contribution in [0.15, 0.2) is 0 Å². The first-order valence-corrected chi connectivity index (χ1v) is 5.76. The summed E-state index contributed by atoms with van der Waals surface area (Å²) in [4.78, 5) is 0. The van der Waals surface area contributed by atoms with Gasteiger partial charge in [-0.1, -0.05) is 0 Å². The zero-order valence-electron chi connectivity index (χ0n) is 7.95. The average molecular weight is 203 g/mol. The molecule has 1 N–H and O–H groups in total. The Kier molecular flexibility index (Phi) is 2.66. The molecule has 0 bridgehead atoms. The monoisotopic (exact) mass is 203 g/mol. The number of quaternary nitrogens is 1. The van der Waals surface area contributed by atoms with Crippen LogP contribution in [0.3, 0.4) is 0 Å². The van der Waals surface area contributed by atoms with Gasteiger partial charge in [0, 0.05) is 0 Å². The molecule has 1 aliphatic rings. The van der Waals surface area contributed by atoms with Crippen LogP contribution in [-0.4, -0.2) is 51.9 Å². The maximum absolute atomic E-state index is 11.1. The fraction of sp³-hybridized carbons (Fsp3) is 0.750. The van der Waals surface area contributed by atoms with Crippen molar-refractivity contribution in [1.82, 2.24) is 4.72 Å². The van der Waals surface area contributed by atoms with E-state index in [1.165, 1.54) is 0 Å². The van der Waals surface area contributed by atoms with Gasteiger partial charge in [-0.05, 0) is 5.92 Å². The zero-order valence-corrected chi connectivity index (χ0v) is 8.76. The van der Waals surface area contributed by atoms with E-state index in [9.17, 15) is 8.42 Å². The van der Waals surface area contributed by atoms with Crippen molar-refractivity contribution < 1.29 is 12.9 Å². The van der Waals surface area contributed by atoms with Crippen molar-refractivity contribution in [2.75, 3.05) is 32.9 Å². The standard InChI is InChI=1S/C8H15N2O2S/c1-4-5-10(2,3)8-6-9-13(11,12)7-8/h1,8-9H,5-7H2,2-3H3/q+1/t8-/m1/s1. The van der Waals surface area contributed by atoms with Crippen LogP contribution in [0.25, 0.3) is 0 Å². The lowest BCUT2D eigenvalue weighted by Gasteiger charge is -2.32. The summed E-state index contributed by atoms with van der Waals surface area (Å²) >= 11 is 0. The second-order valence-electron chi connectivity index (χ2n) is 3.92. The molecule has 1 fully saturated rings. The topological polar surface area (TPSA) is 46.2 Å². The summed E-state index contributed by atoms with van der Waals surface area (Å²) in [5.74, 6) is 2.74. The summed E-state index contributed by atoms with van der Waals surface area (Å²) in [6, 6.07) is 0.0704. The molecular weight excluding hydrogens is 188 g/mol. The fourth-order valence-electron chi connectivity index (χ4n) is 1.41. The Morgan fingerprint density at radius 3 is 2.62 bits per heavy atom. The molecule has 0 spiro atoms. The summed E-state index contributed by atoms with van der Waals surface area (Å²) < 4.78 is 25.3. The molecule has 74 valence electrons. The summed E-state index contributed by atoms with van der Waals surface area (Å²) in [5, 5.41) is 0. The Labute approximate surface area is 79.6 Å². The maximum Gasteiger partial charge on any atom is 0.217 e. The molecule has 1 heterocycles. The Morgan fingerprint density at radius 1 is 1.62 bits per heavy atom. The fourth-order valence-corrected chi connectivity index (χ4v) is 3.00. The SMILES string of the molecule is C#CC[N+](C)(C)[C@@H]1CNS(=O)(=O)C1. The van der Waals surface area contributed by atoms with Gasteiger partial charge in [0.15, 0.2) is 0 Å². The predicted molar refractivity (Wildman–Crippen MR) is 51.4 cm³/mol. The number of likely N-dealkylation sites (N-methyl/N-ethyl adjacent to an activating group) is 1. The Hall–Kier alpha value is -0.570. The molecule has 0 saturated carbocycles. The summed E-state index contributed by atoms with van der Waals surface area (Å²) in [5.41, 5.74) is 0. The average Bonchev–Trinajstić information content (AvgIpc) is 2.30. The van der Waals surface area contributed by atoms with Crippen molar-refractivity contribution in [3.05, 3.63) is 0 Å². The normalized spacial score (nSPS) is 27.0. The molecule has 0 unspecified atom stereocenters. The number of nitrogens with zero attached hydrogens (tertiary/aromatic N) is 1. The van der Waals surface area contributed by atoms with Crippen LogP contribution in [0.4, 0.5) is 0 Å². The van der Waals surface area contributed by atoms with Crippen molar-refractivity contribution in [1.29, 1.82) is 0 Å². The van der Waals surface area contributed by atoms with E-state index in [1.807, 2.05) is 14.1 Å². The number of nitrogens with one attached hydrogen (secondary N) is 1. The van der Waals surface area contributed by atoms with Gasteiger partial charge >= 0.3 is 0 Å². The molecule has 0 aromatic carbocycles. The Bertz CT molecular complexity index is 327. The van der Waals surface area contributed by atoms with Crippen LogP contribution >= 0.6 is 0 Å². The molecule has 0 radical (unpaired) electrons. The molecule has 1 saturated heterocycles. The largest absolute Gasteiger partial charge is 0.314 e. The van der Waals surface area contributed by atoms with E-state index >= 15 is 0 Å². The second-order valence-corrected chi connectivity index (χ2v) is 5.78.